The van der Waals surface area contributed by atoms with E-state index >= 15 is 0 Å². The fourth-order valence-electron chi connectivity index (χ4n) is 2.76. The van der Waals surface area contributed by atoms with Crippen molar-refractivity contribution >= 4 is 23.5 Å². The van der Waals surface area contributed by atoms with Crippen LogP contribution in [-0.2, 0) is 14.3 Å². The Morgan fingerprint density at radius 1 is 0.871 bits per heavy atom. The number of carbonyl (C=O) groups excluding carboxylic acids is 3. The van der Waals surface area contributed by atoms with Gasteiger partial charge in [-0.1, -0.05) is 48.5 Å². The first-order chi connectivity index (χ1) is 15.0. The molecular formula is C24H19N3O4. The molecule has 0 saturated carbocycles. The Kier molecular flexibility index (Phi) is 7.12. The van der Waals surface area contributed by atoms with Crippen molar-refractivity contribution < 1.29 is 19.1 Å². The second kappa shape index (κ2) is 10.4. The molecule has 0 aliphatic heterocycles. The summed E-state index contributed by atoms with van der Waals surface area (Å²) < 4.78 is 4.87. The lowest BCUT2D eigenvalue weighted by atomic mass is 10.0. The van der Waals surface area contributed by atoms with Gasteiger partial charge < -0.3 is 15.4 Å². The molecule has 154 valence electrons. The van der Waals surface area contributed by atoms with Crippen LogP contribution in [0.25, 0.3) is 11.1 Å². The van der Waals surface area contributed by atoms with E-state index in [0.29, 0.717) is 16.8 Å². The molecule has 2 N–H and O–H groups in total. The molecule has 0 aliphatic rings. The Morgan fingerprint density at radius 3 is 2.29 bits per heavy atom. The Bertz CT molecular complexity index is 1120. The molecule has 0 saturated heterocycles. The standard InChI is InChI=1S/C24H19N3O4/c25-14-17-5-4-8-21(13-17)27-22(28)16-31-23(29)15-26-24(30)20-11-9-19(10-12-20)18-6-2-1-3-7-18/h1-13H,15-16H2,(H,26,30)(H,27,28). The van der Waals surface area contributed by atoms with Crippen LogP contribution in [0.15, 0.2) is 78.9 Å². The number of nitriles is 1. The first-order valence-corrected chi connectivity index (χ1v) is 9.44. The van der Waals surface area contributed by atoms with Crippen molar-refractivity contribution in [2.24, 2.45) is 0 Å². The van der Waals surface area contributed by atoms with E-state index < -0.39 is 24.4 Å². The van der Waals surface area contributed by atoms with Crippen LogP contribution >= 0.6 is 0 Å². The number of benzene rings is 3. The van der Waals surface area contributed by atoms with Crippen LogP contribution in [-0.4, -0.2) is 30.9 Å². The second-order valence-electron chi connectivity index (χ2n) is 6.53. The molecule has 3 aromatic carbocycles. The lowest BCUT2D eigenvalue weighted by Crippen LogP contribution is -2.32. The maximum atomic E-state index is 12.2. The molecular weight excluding hydrogens is 394 g/mol. The summed E-state index contributed by atoms with van der Waals surface area (Å²) in [6.45, 7) is -0.867. The summed E-state index contributed by atoms with van der Waals surface area (Å²) in [7, 11) is 0. The number of amides is 2. The number of hydrogen-bond acceptors (Lipinski definition) is 5. The molecule has 0 radical (unpaired) electrons. The van der Waals surface area contributed by atoms with Crippen molar-refractivity contribution in [1.82, 2.24) is 5.32 Å². The first kappa shape index (κ1) is 21.3. The van der Waals surface area contributed by atoms with Crippen molar-refractivity contribution in [2.45, 2.75) is 0 Å². The molecule has 0 fully saturated rings. The first-order valence-electron chi connectivity index (χ1n) is 9.44. The Morgan fingerprint density at radius 2 is 1.58 bits per heavy atom. The summed E-state index contributed by atoms with van der Waals surface area (Å²) in [6.07, 6.45) is 0. The number of nitrogens with one attached hydrogen (secondary N) is 2. The lowest BCUT2D eigenvalue weighted by molar-refractivity contribution is -0.146. The predicted molar refractivity (Wildman–Crippen MR) is 115 cm³/mol. The monoisotopic (exact) mass is 413 g/mol. The van der Waals surface area contributed by atoms with E-state index in [9.17, 15) is 14.4 Å². The molecule has 0 heterocycles. The Labute approximate surface area is 179 Å². The van der Waals surface area contributed by atoms with Crippen molar-refractivity contribution in [3.8, 4) is 17.2 Å². The summed E-state index contributed by atoms with van der Waals surface area (Å²) in [5, 5.41) is 13.8. The van der Waals surface area contributed by atoms with Gasteiger partial charge in [0, 0.05) is 11.3 Å². The summed E-state index contributed by atoms with van der Waals surface area (Å²) in [5.74, 6) is -1.71. The van der Waals surface area contributed by atoms with Gasteiger partial charge in [-0.2, -0.15) is 5.26 Å². The second-order valence-corrected chi connectivity index (χ2v) is 6.53. The minimum absolute atomic E-state index is 0.365. The Balaban J connectivity index is 1.43. The van der Waals surface area contributed by atoms with Crippen LogP contribution in [0.2, 0.25) is 0 Å². The summed E-state index contributed by atoms with van der Waals surface area (Å²) in [4.78, 5) is 35.9. The fraction of sp³-hybridized carbons (Fsp3) is 0.0833. The van der Waals surface area contributed by atoms with Gasteiger partial charge in [0.05, 0.1) is 11.6 Å². The predicted octanol–water partition coefficient (Wildman–Crippen LogP) is 3.14. The summed E-state index contributed by atoms with van der Waals surface area (Å²) in [6, 6.07) is 25.1. The molecule has 3 aromatic rings. The zero-order valence-electron chi connectivity index (χ0n) is 16.5. The van der Waals surface area contributed by atoms with Gasteiger partial charge in [0.15, 0.2) is 6.61 Å². The molecule has 0 atom stereocenters. The topological polar surface area (TPSA) is 108 Å². The van der Waals surface area contributed by atoms with Crippen LogP contribution in [0, 0.1) is 11.3 Å². The maximum Gasteiger partial charge on any atom is 0.325 e. The van der Waals surface area contributed by atoms with E-state index in [0.717, 1.165) is 11.1 Å². The normalized spacial score (nSPS) is 9.90. The highest BCUT2D eigenvalue weighted by molar-refractivity contribution is 5.97. The van der Waals surface area contributed by atoms with Gasteiger partial charge in [0.1, 0.15) is 6.54 Å². The lowest BCUT2D eigenvalue weighted by Gasteiger charge is -2.08. The van der Waals surface area contributed by atoms with E-state index in [1.54, 1.807) is 30.3 Å². The molecule has 7 nitrogen and oxygen atoms in total. The average Bonchev–Trinajstić information content (AvgIpc) is 2.82. The molecule has 0 aliphatic carbocycles. The van der Waals surface area contributed by atoms with E-state index in [1.165, 1.54) is 6.07 Å². The molecule has 0 bridgehead atoms. The van der Waals surface area contributed by atoms with Gasteiger partial charge in [0.25, 0.3) is 11.8 Å². The quantitative estimate of drug-likeness (QED) is 0.579. The van der Waals surface area contributed by atoms with E-state index in [4.69, 9.17) is 10.00 Å². The third-order valence-corrected chi connectivity index (χ3v) is 4.29. The highest BCUT2D eigenvalue weighted by Crippen LogP contribution is 2.19. The van der Waals surface area contributed by atoms with Gasteiger partial charge in [0.2, 0.25) is 0 Å². The van der Waals surface area contributed by atoms with Crippen molar-refractivity contribution in [3.05, 3.63) is 90.0 Å². The smallest absolute Gasteiger partial charge is 0.325 e. The number of carbonyl (C=O) groups is 3. The van der Waals surface area contributed by atoms with Gasteiger partial charge in [-0.3, -0.25) is 14.4 Å². The maximum absolute atomic E-state index is 12.2. The molecule has 2 amide bonds. The van der Waals surface area contributed by atoms with Crippen LogP contribution in [0.3, 0.4) is 0 Å². The zero-order chi connectivity index (χ0) is 22.1. The van der Waals surface area contributed by atoms with Gasteiger partial charge in [-0.05, 0) is 41.5 Å². The Hall–Kier alpha value is -4.44. The van der Waals surface area contributed by atoms with Crippen molar-refractivity contribution in [3.63, 3.8) is 0 Å². The van der Waals surface area contributed by atoms with E-state index in [-0.39, 0.29) is 6.54 Å². The number of hydrogen-bond donors (Lipinski definition) is 2. The SMILES string of the molecule is N#Cc1cccc(NC(=O)COC(=O)CNC(=O)c2ccc(-c3ccccc3)cc2)c1. The highest BCUT2D eigenvalue weighted by atomic mass is 16.5. The average molecular weight is 413 g/mol. The van der Waals surface area contributed by atoms with Gasteiger partial charge >= 0.3 is 5.97 Å². The number of ether oxygens (including phenoxy) is 1. The van der Waals surface area contributed by atoms with Crippen molar-refractivity contribution in [1.29, 1.82) is 5.26 Å². The van der Waals surface area contributed by atoms with Crippen molar-refractivity contribution in [2.75, 3.05) is 18.5 Å². The van der Waals surface area contributed by atoms with Gasteiger partial charge in [-0.15, -0.1) is 0 Å². The third kappa shape index (κ3) is 6.27. The molecule has 3 rings (SSSR count). The molecule has 0 unspecified atom stereocenters. The van der Waals surface area contributed by atoms with E-state index in [2.05, 4.69) is 10.6 Å². The molecule has 7 heteroatoms. The van der Waals surface area contributed by atoms with Crippen LogP contribution in [0.5, 0.6) is 0 Å². The number of rotatable bonds is 7. The fourth-order valence-corrected chi connectivity index (χ4v) is 2.76. The summed E-state index contributed by atoms with van der Waals surface area (Å²) >= 11 is 0. The minimum atomic E-state index is -0.741. The largest absolute Gasteiger partial charge is 0.454 e. The third-order valence-electron chi connectivity index (χ3n) is 4.29. The molecule has 31 heavy (non-hydrogen) atoms. The van der Waals surface area contributed by atoms with Crippen LogP contribution in [0.4, 0.5) is 5.69 Å². The minimum Gasteiger partial charge on any atom is -0.454 e. The number of nitrogens with zero attached hydrogens (tertiary/aromatic N) is 1. The number of esters is 1. The molecule has 0 spiro atoms. The molecule has 0 aromatic heterocycles. The van der Waals surface area contributed by atoms with Gasteiger partial charge in [-0.25, -0.2) is 0 Å². The number of anilines is 1. The van der Waals surface area contributed by atoms with E-state index in [1.807, 2.05) is 48.5 Å². The highest BCUT2D eigenvalue weighted by Gasteiger charge is 2.11. The van der Waals surface area contributed by atoms with Crippen LogP contribution < -0.4 is 10.6 Å². The summed E-state index contributed by atoms with van der Waals surface area (Å²) in [5.41, 5.74) is 3.24. The van der Waals surface area contributed by atoms with Crippen LogP contribution in [0.1, 0.15) is 15.9 Å². The zero-order valence-corrected chi connectivity index (χ0v) is 16.5.